The van der Waals surface area contributed by atoms with Gasteiger partial charge >= 0.3 is 6.61 Å². The summed E-state index contributed by atoms with van der Waals surface area (Å²) >= 11 is 0. The van der Waals surface area contributed by atoms with E-state index in [1.807, 2.05) is 19.9 Å². The van der Waals surface area contributed by atoms with Gasteiger partial charge in [0.05, 0.1) is 24.9 Å². The van der Waals surface area contributed by atoms with E-state index in [2.05, 4.69) is 14.6 Å². The second-order valence-electron chi connectivity index (χ2n) is 5.79. The zero-order valence-corrected chi connectivity index (χ0v) is 13.7. The lowest BCUT2D eigenvalue weighted by atomic mass is 10.1. The van der Waals surface area contributed by atoms with Crippen LogP contribution in [0, 0.1) is 13.8 Å². The lowest BCUT2D eigenvalue weighted by Gasteiger charge is -2.32. The van der Waals surface area contributed by atoms with E-state index in [-0.39, 0.29) is 11.9 Å². The zero-order valence-electron chi connectivity index (χ0n) is 13.7. The van der Waals surface area contributed by atoms with E-state index in [0.29, 0.717) is 25.6 Å². The monoisotopic (exact) mass is 338 g/mol. The number of benzene rings is 1. The third kappa shape index (κ3) is 4.10. The Morgan fingerprint density at radius 3 is 2.92 bits per heavy atom. The van der Waals surface area contributed by atoms with E-state index in [4.69, 9.17) is 9.15 Å². The molecule has 7 heteroatoms. The summed E-state index contributed by atoms with van der Waals surface area (Å²) in [5.41, 5.74) is 1.71. The Balaban J connectivity index is 1.66. The molecule has 2 heterocycles. The smallest absolute Gasteiger partial charge is 0.387 e. The van der Waals surface area contributed by atoms with Gasteiger partial charge in [0.15, 0.2) is 0 Å². The summed E-state index contributed by atoms with van der Waals surface area (Å²) in [5, 5.41) is 0. The van der Waals surface area contributed by atoms with Gasteiger partial charge in [-0.05, 0) is 31.5 Å². The van der Waals surface area contributed by atoms with E-state index in [1.165, 1.54) is 6.07 Å². The third-order valence-corrected chi connectivity index (χ3v) is 4.04. The van der Waals surface area contributed by atoms with Crippen LogP contribution in [0.4, 0.5) is 8.78 Å². The van der Waals surface area contributed by atoms with Crippen LogP contribution in [0.25, 0.3) is 0 Å². The molecule has 5 nitrogen and oxygen atoms in total. The molecular formula is C17H20F2N2O3. The van der Waals surface area contributed by atoms with Gasteiger partial charge in [0, 0.05) is 13.1 Å². The number of aromatic nitrogens is 1. The predicted octanol–water partition coefficient (Wildman–Crippen LogP) is 3.47. The van der Waals surface area contributed by atoms with E-state index < -0.39 is 6.61 Å². The lowest BCUT2D eigenvalue weighted by Crippen LogP contribution is -2.37. The van der Waals surface area contributed by atoms with Crippen LogP contribution in [-0.2, 0) is 11.3 Å². The van der Waals surface area contributed by atoms with Gasteiger partial charge in [-0.25, -0.2) is 4.98 Å². The first-order valence-corrected chi connectivity index (χ1v) is 7.83. The first kappa shape index (κ1) is 16.9. The molecule has 0 spiro atoms. The van der Waals surface area contributed by atoms with Crippen LogP contribution >= 0.6 is 0 Å². The first-order chi connectivity index (χ1) is 11.5. The summed E-state index contributed by atoms with van der Waals surface area (Å²) in [6.07, 6.45) is -0.197. The number of hydrogen-bond acceptors (Lipinski definition) is 5. The van der Waals surface area contributed by atoms with Crippen LogP contribution in [-0.4, -0.2) is 36.2 Å². The van der Waals surface area contributed by atoms with Crippen molar-refractivity contribution in [2.45, 2.75) is 33.1 Å². The van der Waals surface area contributed by atoms with Crippen molar-refractivity contribution in [1.82, 2.24) is 9.88 Å². The van der Waals surface area contributed by atoms with Gasteiger partial charge in [-0.2, -0.15) is 8.78 Å². The Hall–Kier alpha value is -1.99. The Bertz CT molecular complexity index is 671. The number of hydrogen-bond donors (Lipinski definition) is 0. The summed E-state index contributed by atoms with van der Waals surface area (Å²) in [5.74, 6) is 1.65. The molecule has 24 heavy (non-hydrogen) atoms. The number of aryl methyl sites for hydroxylation is 2. The minimum atomic E-state index is -2.83. The Kier molecular flexibility index (Phi) is 5.11. The Morgan fingerprint density at radius 1 is 1.38 bits per heavy atom. The van der Waals surface area contributed by atoms with E-state index in [0.717, 1.165) is 23.6 Å². The second kappa shape index (κ2) is 7.27. The molecule has 1 aliphatic heterocycles. The molecule has 1 atom stereocenters. The highest BCUT2D eigenvalue weighted by Crippen LogP contribution is 2.27. The molecule has 0 N–H and O–H groups in total. The minimum absolute atomic E-state index is 0.141. The summed E-state index contributed by atoms with van der Waals surface area (Å²) in [6, 6.07) is 6.65. The molecule has 0 aliphatic carbocycles. The number of rotatable bonds is 5. The largest absolute Gasteiger partial charge is 0.444 e. The summed E-state index contributed by atoms with van der Waals surface area (Å²) in [6.45, 7) is 3.54. The quantitative estimate of drug-likeness (QED) is 0.835. The van der Waals surface area contributed by atoms with E-state index in [1.54, 1.807) is 12.1 Å². The molecule has 0 saturated carbocycles. The van der Waals surface area contributed by atoms with Gasteiger partial charge in [-0.15, -0.1) is 0 Å². The fourth-order valence-electron chi connectivity index (χ4n) is 2.74. The van der Waals surface area contributed by atoms with Crippen molar-refractivity contribution in [3.8, 4) is 5.75 Å². The summed E-state index contributed by atoms with van der Waals surface area (Å²) in [7, 11) is 0. The van der Waals surface area contributed by atoms with E-state index >= 15 is 0 Å². The van der Waals surface area contributed by atoms with Crippen LogP contribution in [0.15, 0.2) is 28.7 Å². The number of alkyl halides is 2. The fourth-order valence-corrected chi connectivity index (χ4v) is 2.74. The van der Waals surface area contributed by atoms with Crippen molar-refractivity contribution in [2.75, 3.05) is 19.7 Å². The maximum Gasteiger partial charge on any atom is 0.387 e. The molecule has 0 unspecified atom stereocenters. The van der Waals surface area contributed by atoms with Crippen LogP contribution in [0.3, 0.4) is 0 Å². The highest BCUT2D eigenvalue weighted by molar-refractivity contribution is 5.30. The standard InChI is InChI=1S/C17H20F2N2O3/c1-11-12(2)23-16(20-11)10-21-6-7-22-15(9-21)13-4-3-5-14(8-13)24-17(18)19/h3-5,8,15,17H,6-7,9-10H2,1-2H3/t15-/m0/s1. The molecule has 0 bridgehead atoms. The molecular weight excluding hydrogens is 318 g/mol. The zero-order chi connectivity index (χ0) is 17.1. The predicted molar refractivity (Wildman–Crippen MR) is 83.0 cm³/mol. The summed E-state index contributed by atoms with van der Waals surface area (Å²) < 4.78 is 40.6. The van der Waals surface area contributed by atoms with Gasteiger partial charge in [0.25, 0.3) is 0 Å². The molecule has 130 valence electrons. The minimum Gasteiger partial charge on any atom is -0.444 e. The van der Waals surface area contributed by atoms with Gasteiger partial charge in [0.2, 0.25) is 5.89 Å². The highest BCUT2D eigenvalue weighted by atomic mass is 19.3. The van der Waals surface area contributed by atoms with Crippen molar-refractivity contribution >= 4 is 0 Å². The van der Waals surface area contributed by atoms with E-state index in [9.17, 15) is 8.78 Å². The van der Waals surface area contributed by atoms with Crippen molar-refractivity contribution in [3.63, 3.8) is 0 Å². The van der Waals surface area contributed by atoms with Gasteiger partial charge in [-0.1, -0.05) is 12.1 Å². The Labute approximate surface area is 139 Å². The average Bonchev–Trinajstić information content (AvgIpc) is 2.85. The fraction of sp³-hybridized carbons (Fsp3) is 0.471. The van der Waals surface area contributed by atoms with Gasteiger partial charge in [-0.3, -0.25) is 4.90 Å². The molecule has 1 saturated heterocycles. The molecule has 1 aliphatic rings. The van der Waals surface area contributed by atoms with Crippen molar-refractivity contribution < 1.29 is 22.7 Å². The van der Waals surface area contributed by atoms with Gasteiger partial charge in [0.1, 0.15) is 11.5 Å². The molecule has 1 fully saturated rings. The normalized spacial score (nSPS) is 19.0. The Morgan fingerprint density at radius 2 is 2.21 bits per heavy atom. The number of halogens is 2. The molecule has 1 aromatic carbocycles. The van der Waals surface area contributed by atoms with Crippen LogP contribution in [0.1, 0.15) is 29.0 Å². The van der Waals surface area contributed by atoms with Crippen molar-refractivity contribution in [2.24, 2.45) is 0 Å². The van der Waals surface area contributed by atoms with Crippen LogP contribution in [0.5, 0.6) is 5.75 Å². The molecule has 0 amide bonds. The first-order valence-electron chi connectivity index (χ1n) is 7.83. The van der Waals surface area contributed by atoms with Crippen molar-refractivity contribution in [3.05, 3.63) is 47.2 Å². The number of nitrogens with zero attached hydrogens (tertiary/aromatic N) is 2. The lowest BCUT2D eigenvalue weighted by molar-refractivity contribution is -0.0510. The molecule has 0 radical (unpaired) electrons. The number of morpholine rings is 1. The molecule has 1 aromatic heterocycles. The van der Waals surface area contributed by atoms with Crippen molar-refractivity contribution in [1.29, 1.82) is 0 Å². The maximum absolute atomic E-state index is 12.4. The summed E-state index contributed by atoms with van der Waals surface area (Å²) in [4.78, 5) is 6.58. The number of ether oxygens (including phenoxy) is 2. The maximum atomic E-state index is 12.4. The average molecular weight is 338 g/mol. The third-order valence-electron chi connectivity index (χ3n) is 4.04. The van der Waals surface area contributed by atoms with Crippen LogP contribution < -0.4 is 4.74 Å². The second-order valence-corrected chi connectivity index (χ2v) is 5.79. The molecule has 2 aromatic rings. The molecule has 3 rings (SSSR count). The highest BCUT2D eigenvalue weighted by Gasteiger charge is 2.24. The van der Waals surface area contributed by atoms with Crippen LogP contribution in [0.2, 0.25) is 0 Å². The van der Waals surface area contributed by atoms with Gasteiger partial charge < -0.3 is 13.9 Å². The SMILES string of the molecule is Cc1nc(CN2CCO[C@H](c3cccc(OC(F)F)c3)C2)oc1C. The number of oxazole rings is 1. The topological polar surface area (TPSA) is 47.7 Å².